The molecular weight excluding hydrogens is 357 g/mol. The molecule has 0 bridgehead atoms. The molecule has 144 valence electrons. The second-order valence-electron chi connectivity index (χ2n) is 6.85. The van der Waals surface area contributed by atoms with Crippen LogP contribution in [0, 0.1) is 12.8 Å². The number of piperidine rings is 1. The summed E-state index contributed by atoms with van der Waals surface area (Å²) >= 11 is 0. The fraction of sp³-hybridized carbons (Fsp3) is 0.421. The number of nitrogens with zero attached hydrogens (tertiary/aromatic N) is 3. The van der Waals surface area contributed by atoms with Crippen LogP contribution in [0.2, 0.25) is 0 Å². The predicted molar refractivity (Wildman–Crippen MR) is 95.8 cm³/mol. The molecule has 1 aliphatic heterocycles. The highest BCUT2D eigenvalue weighted by molar-refractivity contribution is 5.93. The fourth-order valence-corrected chi connectivity index (χ4v) is 3.25. The van der Waals surface area contributed by atoms with Gasteiger partial charge in [0.1, 0.15) is 17.3 Å². The van der Waals surface area contributed by atoms with Crippen molar-refractivity contribution in [2.24, 2.45) is 5.92 Å². The maximum atomic E-state index is 13.2. The molecule has 1 aliphatic rings. The molecule has 1 fully saturated rings. The Morgan fingerprint density at radius 2 is 2.00 bits per heavy atom. The smallest absolute Gasteiger partial charge is 0.340 e. The van der Waals surface area contributed by atoms with Gasteiger partial charge < -0.3 is 10.2 Å². The lowest BCUT2D eigenvalue weighted by atomic mass is 10.00. The molecule has 2 aromatic rings. The standard InChI is InChI=1S/C19H21F3N4O/c1-12-6-5-9-26(11-12)18(27)16-10-17(24-13(2)23-16)25-15-8-4-3-7-14(15)19(20,21)22/h3-4,7-8,10,12H,5-6,9,11H2,1-2H3,(H,23,24,25). The number of likely N-dealkylation sites (tertiary alicyclic amines) is 1. The Morgan fingerprint density at radius 3 is 2.70 bits per heavy atom. The van der Waals surface area contributed by atoms with Gasteiger partial charge in [-0.05, 0) is 37.8 Å². The van der Waals surface area contributed by atoms with E-state index in [1.165, 1.54) is 24.3 Å². The largest absolute Gasteiger partial charge is 0.418 e. The van der Waals surface area contributed by atoms with Gasteiger partial charge in [-0.2, -0.15) is 13.2 Å². The van der Waals surface area contributed by atoms with Crippen LogP contribution in [0.1, 0.15) is 41.6 Å². The van der Waals surface area contributed by atoms with Gasteiger partial charge in [0.05, 0.1) is 11.3 Å². The Labute approximate surface area is 155 Å². The number of amides is 1. The summed E-state index contributed by atoms with van der Waals surface area (Å²) in [6, 6.07) is 6.56. The fourth-order valence-electron chi connectivity index (χ4n) is 3.25. The second-order valence-corrected chi connectivity index (χ2v) is 6.85. The van der Waals surface area contributed by atoms with Crippen LogP contribution in [0.3, 0.4) is 0 Å². The van der Waals surface area contributed by atoms with E-state index in [-0.39, 0.29) is 23.1 Å². The first-order valence-corrected chi connectivity index (χ1v) is 8.82. The monoisotopic (exact) mass is 378 g/mol. The number of rotatable bonds is 3. The van der Waals surface area contributed by atoms with E-state index < -0.39 is 11.7 Å². The zero-order valence-electron chi connectivity index (χ0n) is 15.2. The average molecular weight is 378 g/mol. The highest BCUT2D eigenvalue weighted by atomic mass is 19.4. The highest BCUT2D eigenvalue weighted by Crippen LogP contribution is 2.35. The topological polar surface area (TPSA) is 58.1 Å². The number of halogens is 3. The molecule has 0 spiro atoms. The minimum atomic E-state index is -4.49. The molecule has 1 N–H and O–H groups in total. The first-order chi connectivity index (χ1) is 12.7. The van der Waals surface area contributed by atoms with E-state index in [0.717, 1.165) is 18.9 Å². The minimum absolute atomic E-state index is 0.118. The van der Waals surface area contributed by atoms with E-state index in [2.05, 4.69) is 22.2 Å². The van der Waals surface area contributed by atoms with Gasteiger partial charge in [0.2, 0.25) is 0 Å². The Bertz CT molecular complexity index is 838. The van der Waals surface area contributed by atoms with Crippen LogP contribution in [0.5, 0.6) is 0 Å². The third-order valence-corrected chi connectivity index (χ3v) is 4.50. The summed E-state index contributed by atoms with van der Waals surface area (Å²) in [5.41, 5.74) is -0.726. The summed E-state index contributed by atoms with van der Waals surface area (Å²) in [5.74, 6) is 0.673. The van der Waals surface area contributed by atoms with Gasteiger partial charge >= 0.3 is 6.18 Å². The molecule has 3 rings (SSSR count). The van der Waals surface area contributed by atoms with E-state index in [1.54, 1.807) is 11.8 Å². The Kier molecular flexibility index (Phi) is 5.34. The normalized spacial score (nSPS) is 17.7. The lowest BCUT2D eigenvalue weighted by Gasteiger charge is -2.30. The van der Waals surface area contributed by atoms with Crippen molar-refractivity contribution < 1.29 is 18.0 Å². The number of alkyl halides is 3. The Hall–Kier alpha value is -2.64. The number of anilines is 2. The zero-order chi connectivity index (χ0) is 19.6. The molecule has 5 nitrogen and oxygen atoms in total. The lowest BCUT2D eigenvalue weighted by molar-refractivity contribution is -0.136. The molecule has 0 radical (unpaired) electrons. The van der Waals surface area contributed by atoms with Gasteiger partial charge in [0.15, 0.2) is 0 Å². The number of aryl methyl sites for hydroxylation is 1. The number of benzene rings is 1. The van der Waals surface area contributed by atoms with Gasteiger partial charge in [0.25, 0.3) is 5.91 Å². The molecule has 0 aliphatic carbocycles. The van der Waals surface area contributed by atoms with Crippen LogP contribution >= 0.6 is 0 Å². The number of nitrogens with one attached hydrogen (secondary N) is 1. The maximum absolute atomic E-state index is 13.2. The molecule has 1 aromatic carbocycles. The third-order valence-electron chi connectivity index (χ3n) is 4.50. The predicted octanol–water partition coefficient (Wildman–Crippen LogP) is 4.42. The van der Waals surface area contributed by atoms with E-state index in [0.29, 0.717) is 24.8 Å². The number of hydrogen-bond donors (Lipinski definition) is 1. The first kappa shape index (κ1) is 19.1. The number of carbonyl (C=O) groups excluding carboxylic acids is 1. The summed E-state index contributed by atoms with van der Waals surface area (Å²) < 4.78 is 39.6. The Morgan fingerprint density at radius 1 is 1.26 bits per heavy atom. The quantitative estimate of drug-likeness (QED) is 0.859. The molecular formula is C19H21F3N4O. The van der Waals surface area contributed by atoms with E-state index in [4.69, 9.17) is 0 Å². The second kappa shape index (κ2) is 7.54. The minimum Gasteiger partial charge on any atom is -0.340 e. The van der Waals surface area contributed by atoms with Crippen molar-refractivity contribution in [2.75, 3.05) is 18.4 Å². The van der Waals surface area contributed by atoms with E-state index >= 15 is 0 Å². The van der Waals surface area contributed by atoms with Crippen molar-refractivity contribution in [3.05, 3.63) is 47.4 Å². The van der Waals surface area contributed by atoms with Gasteiger partial charge in [-0.1, -0.05) is 19.1 Å². The number of hydrogen-bond acceptors (Lipinski definition) is 4. The van der Waals surface area contributed by atoms with Crippen LogP contribution in [0.25, 0.3) is 0 Å². The van der Waals surface area contributed by atoms with Gasteiger partial charge in [0, 0.05) is 19.2 Å². The number of aromatic nitrogens is 2. The first-order valence-electron chi connectivity index (χ1n) is 8.82. The van der Waals surface area contributed by atoms with Gasteiger partial charge in [-0.25, -0.2) is 9.97 Å². The maximum Gasteiger partial charge on any atom is 0.418 e. The molecule has 1 atom stereocenters. The zero-order valence-corrected chi connectivity index (χ0v) is 15.2. The van der Waals surface area contributed by atoms with Gasteiger partial charge in [-0.15, -0.1) is 0 Å². The molecule has 8 heteroatoms. The van der Waals surface area contributed by atoms with Crippen LogP contribution in [0.15, 0.2) is 30.3 Å². The van der Waals surface area contributed by atoms with Crippen molar-refractivity contribution in [2.45, 2.75) is 32.9 Å². The third kappa shape index (κ3) is 4.56. The van der Waals surface area contributed by atoms with Crippen molar-refractivity contribution in [3.63, 3.8) is 0 Å². The molecule has 1 amide bonds. The van der Waals surface area contributed by atoms with E-state index in [9.17, 15) is 18.0 Å². The van der Waals surface area contributed by atoms with Crippen LogP contribution in [0.4, 0.5) is 24.7 Å². The van der Waals surface area contributed by atoms with Gasteiger partial charge in [-0.3, -0.25) is 4.79 Å². The van der Waals surface area contributed by atoms with Crippen molar-refractivity contribution in [1.29, 1.82) is 0 Å². The highest BCUT2D eigenvalue weighted by Gasteiger charge is 2.33. The summed E-state index contributed by atoms with van der Waals surface area (Å²) in [5, 5.41) is 2.69. The van der Waals surface area contributed by atoms with Crippen LogP contribution in [-0.2, 0) is 6.18 Å². The average Bonchev–Trinajstić information content (AvgIpc) is 2.60. The SMILES string of the molecule is Cc1nc(Nc2ccccc2C(F)(F)F)cc(C(=O)N2CCCC(C)C2)n1. The van der Waals surface area contributed by atoms with E-state index in [1.807, 2.05) is 0 Å². The molecule has 1 aromatic heterocycles. The summed E-state index contributed by atoms with van der Waals surface area (Å²) in [6.45, 7) is 5.01. The lowest BCUT2D eigenvalue weighted by Crippen LogP contribution is -2.39. The van der Waals surface area contributed by atoms with Crippen LogP contribution in [-0.4, -0.2) is 33.9 Å². The number of para-hydroxylation sites is 1. The molecule has 0 saturated carbocycles. The summed E-state index contributed by atoms with van der Waals surface area (Å²) in [7, 11) is 0. The van der Waals surface area contributed by atoms with Crippen molar-refractivity contribution in [3.8, 4) is 0 Å². The van der Waals surface area contributed by atoms with Crippen molar-refractivity contribution >= 4 is 17.4 Å². The molecule has 27 heavy (non-hydrogen) atoms. The Balaban J connectivity index is 1.87. The van der Waals surface area contributed by atoms with Crippen molar-refractivity contribution in [1.82, 2.24) is 14.9 Å². The molecule has 1 unspecified atom stereocenters. The molecule has 1 saturated heterocycles. The summed E-state index contributed by atoms with van der Waals surface area (Å²) in [4.78, 5) is 22.8. The summed E-state index contributed by atoms with van der Waals surface area (Å²) in [6.07, 6.45) is -2.48. The number of carbonyl (C=O) groups is 1. The van der Waals surface area contributed by atoms with Crippen LogP contribution < -0.4 is 5.32 Å². The molecule has 2 heterocycles.